The first-order valence-corrected chi connectivity index (χ1v) is 4.60. The molecule has 0 aliphatic rings. The van der Waals surface area contributed by atoms with E-state index in [1.165, 1.54) is 7.11 Å². The first-order chi connectivity index (χ1) is 6.57. The zero-order valence-electron chi connectivity index (χ0n) is 8.58. The number of unbranched alkanes of at least 4 members (excludes halogenated alkanes) is 1. The van der Waals surface area contributed by atoms with Crippen LogP contribution in [0.15, 0.2) is 0 Å². The minimum Gasteiger partial charge on any atom is -0.465 e. The summed E-state index contributed by atoms with van der Waals surface area (Å²) >= 11 is 0. The van der Waals surface area contributed by atoms with Crippen LogP contribution in [0.2, 0.25) is 0 Å². The fourth-order valence-electron chi connectivity index (χ4n) is 1.03. The maximum absolute atomic E-state index is 10.9. The summed E-state index contributed by atoms with van der Waals surface area (Å²) < 4.78 is 4.55. The number of ether oxygens (including phenoxy) is 1. The fraction of sp³-hybridized carbons (Fsp3) is 0.750. The van der Waals surface area contributed by atoms with Crippen molar-refractivity contribution in [2.24, 2.45) is 11.5 Å². The third kappa shape index (κ3) is 6.24. The number of carbonyl (C=O) groups is 1. The van der Waals surface area contributed by atoms with Crippen LogP contribution in [-0.2, 0) is 9.53 Å². The molecule has 0 amide bonds. The van der Waals surface area contributed by atoms with Gasteiger partial charge in [-0.05, 0) is 12.8 Å². The Kier molecular flexibility index (Phi) is 6.47. The molecule has 82 valence electrons. The Bertz CT molecular complexity index is 202. The molecular formula is C8H20N4O2+2. The van der Waals surface area contributed by atoms with Gasteiger partial charge in [0.1, 0.15) is 0 Å². The van der Waals surface area contributed by atoms with Crippen molar-refractivity contribution in [1.82, 2.24) is 0 Å². The molecule has 0 spiro atoms. The molecule has 0 heterocycles. The second-order valence-electron chi connectivity index (χ2n) is 3.10. The Labute approximate surface area is 83.5 Å². The summed E-state index contributed by atoms with van der Waals surface area (Å²) in [6.07, 6.45) is 2.52. The van der Waals surface area contributed by atoms with Crippen molar-refractivity contribution in [1.29, 1.82) is 0 Å². The molecule has 0 aromatic carbocycles. The van der Waals surface area contributed by atoms with Crippen molar-refractivity contribution in [2.45, 2.75) is 25.3 Å². The maximum atomic E-state index is 10.9. The third-order valence-corrected chi connectivity index (χ3v) is 1.84. The predicted molar refractivity (Wildman–Crippen MR) is 51.8 cm³/mol. The lowest BCUT2D eigenvalue weighted by atomic mass is 10.1. The molecule has 0 unspecified atom stereocenters. The van der Waals surface area contributed by atoms with Crippen LogP contribution >= 0.6 is 0 Å². The van der Waals surface area contributed by atoms with E-state index in [4.69, 9.17) is 11.5 Å². The Morgan fingerprint density at radius 1 is 1.50 bits per heavy atom. The molecule has 0 saturated heterocycles. The summed E-state index contributed by atoms with van der Waals surface area (Å²) in [6, 6.07) is -0.279. The van der Waals surface area contributed by atoms with Crippen LogP contribution in [0.1, 0.15) is 19.3 Å². The highest BCUT2D eigenvalue weighted by atomic mass is 16.5. The molecule has 0 aromatic heterocycles. The Morgan fingerprint density at radius 2 is 2.14 bits per heavy atom. The molecule has 0 aromatic rings. The van der Waals surface area contributed by atoms with E-state index < -0.39 is 0 Å². The number of hydrogen-bond donors (Lipinski definition) is 4. The first-order valence-electron chi connectivity index (χ1n) is 4.60. The number of rotatable bonds is 6. The SMILES string of the molecule is COC(=O)[C@H]([NH3+])CCCC[NH+]=C(N)N. The summed E-state index contributed by atoms with van der Waals surface area (Å²) in [5, 5.41) is 0. The van der Waals surface area contributed by atoms with Gasteiger partial charge in [0.05, 0.1) is 13.7 Å². The minimum absolute atomic E-state index is 0.226. The van der Waals surface area contributed by atoms with Crippen molar-refractivity contribution in [2.75, 3.05) is 13.7 Å². The van der Waals surface area contributed by atoms with Crippen LogP contribution in [0, 0.1) is 0 Å². The summed E-state index contributed by atoms with van der Waals surface area (Å²) in [5.74, 6) is -0.0352. The van der Waals surface area contributed by atoms with E-state index in [1.807, 2.05) is 0 Å². The molecule has 0 aliphatic carbocycles. The largest absolute Gasteiger partial charge is 0.465 e. The minimum atomic E-state index is -0.279. The van der Waals surface area contributed by atoms with Gasteiger partial charge in [-0.25, -0.2) is 4.79 Å². The molecule has 0 saturated carbocycles. The van der Waals surface area contributed by atoms with E-state index >= 15 is 0 Å². The molecule has 6 nitrogen and oxygen atoms in total. The third-order valence-electron chi connectivity index (χ3n) is 1.84. The lowest BCUT2D eigenvalue weighted by Gasteiger charge is -2.04. The molecular weight excluding hydrogens is 184 g/mol. The quantitative estimate of drug-likeness (QED) is 0.154. The Balaban J connectivity index is 3.45. The molecule has 6 heteroatoms. The van der Waals surface area contributed by atoms with Gasteiger partial charge in [0.25, 0.3) is 0 Å². The van der Waals surface area contributed by atoms with Crippen LogP contribution in [-0.4, -0.2) is 31.6 Å². The van der Waals surface area contributed by atoms with Crippen LogP contribution in [0.25, 0.3) is 0 Å². The van der Waals surface area contributed by atoms with Crippen molar-refractivity contribution >= 4 is 11.9 Å². The zero-order valence-corrected chi connectivity index (χ0v) is 8.58. The van der Waals surface area contributed by atoms with Crippen molar-refractivity contribution < 1.29 is 20.3 Å². The number of nitrogens with one attached hydrogen (secondary N) is 1. The first kappa shape index (κ1) is 12.7. The Hall–Kier alpha value is -1.30. The molecule has 0 rings (SSSR count). The number of methoxy groups -OCH3 is 1. The molecule has 0 radical (unpaired) electrons. The average molecular weight is 204 g/mol. The number of hydrogen-bond acceptors (Lipinski definition) is 2. The van der Waals surface area contributed by atoms with Crippen LogP contribution in [0.3, 0.4) is 0 Å². The van der Waals surface area contributed by atoms with Crippen molar-refractivity contribution in [3.05, 3.63) is 0 Å². The summed E-state index contributed by atoms with van der Waals surface area (Å²) in [5.41, 5.74) is 14.1. The van der Waals surface area contributed by atoms with Gasteiger partial charge in [0, 0.05) is 6.42 Å². The molecule has 8 N–H and O–H groups in total. The van der Waals surface area contributed by atoms with E-state index in [1.54, 1.807) is 0 Å². The number of carbonyl (C=O) groups excluding carboxylic acids is 1. The Morgan fingerprint density at radius 3 is 2.64 bits per heavy atom. The van der Waals surface area contributed by atoms with E-state index in [0.29, 0.717) is 0 Å². The zero-order chi connectivity index (χ0) is 11.0. The summed E-state index contributed by atoms with van der Waals surface area (Å²) in [7, 11) is 1.37. The fourth-order valence-corrected chi connectivity index (χ4v) is 1.03. The van der Waals surface area contributed by atoms with Crippen LogP contribution in [0.5, 0.6) is 0 Å². The molecule has 14 heavy (non-hydrogen) atoms. The van der Waals surface area contributed by atoms with E-state index in [9.17, 15) is 4.79 Å². The maximum Gasteiger partial charge on any atom is 0.364 e. The smallest absolute Gasteiger partial charge is 0.364 e. The predicted octanol–water partition coefficient (Wildman–Crippen LogP) is -3.71. The van der Waals surface area contributed by atoms with Crippen LogP contribution in [0.4, 0.5) is 0 Å². The lowest BCUT2D eigenvalue weighted by Crippen LogP contribution is -2.78. The second kappa shape index (κ2) is 7.14. The van der Waals surface area contributed by atoms with Crippen LogP contribution < -0.4 is 22.2 Å². The second-order valence-corrected chi connectivity index (χ2v) is 3.10. The van der Waals surface area contributed by atoms with E-state index in [0.717, 1.165) is 25.8 Å². The van der Waals surface area contributed by atoms with Gasteiger partial charge in [-0.2, -0.15) is 0 Å². The van der Waals surface area contributed by atoms with Gasteiger partial charge >= 0.3 is 11.9 Å². The van der Waals surface area contributed by atoms with Gasteiger partial charge < -0.3 is 10.5 Å². The monoisotopic (exact) mass is 204 g/mol. The average Bonchev–Trinajstić information content (AvgIpc) is 2.15. The van der Waals surface area contributed by atoms with E-state index in [2.05, 4.69) is 15.5 Å². The molecule has 0 aliphatic heterocycles. The van der Waals surface area contributed by atoms with Gasteiger partial charge in [-0.3, -0.25) is 16.5 Å². The van der Waals surface area contributed by atoms with Gasteiger partial charge in [0.2, 0.25) is 0 Å². The van der Waals surface area contributed by atoms with E-state index in [-0.39, 0.29) is 18.0 Å². The van der Waals surface area contributed by atoms with Gasteiger partial charge in [-0.15, -0.1) is 0 Å². The lowest BCUT2D eigenvalue weighted by molar-refractivity contribution is -0.460. The molecule has 0 fully saturated rings. The standard InChI is InChI=1S/C8H18N4O2/c1-14-7(13)6(9)4-2-3-5-12-8(10)11/h6H,2-5,9H2,1H3,(H4,10,11,12)/p+2/t6-/m1/s1. The number of nitrogens with two attached hydrogens (primary N) is 2. The number of guanidine groups is 1. The highest BCUT2D eigenvalue weighted by Gasteiger charge is 2.16. The van der Waals surface area contributed by atoms with Gasteiger partial charge in [-0.1, -0.05) is 0 Å². The molecule has 0 bridgehead atoms. The van der Waals surface area contributed by atoms with Crippen molar-refractivity contribution in [3.63, 3.8) is 0 Å². The van der Waals surface area contributed by atoms with Gasteiger partial charge in [0.15, 0.2) is 6.04 Å². The molecule has 1 atom stereocenters. The normalized spacial score (nSPS) is 11.9. The topological polar surface area (TPSA) is 120 Å². The number of esters is 1. The van der Waals surface area contributed by atoms with Crippen molar-refractivity contribution in [3.8, 4) is 0 Å². The highest BCUT2D eigenvalue weighted by molar-refractivity contribution is 5.73. The number of quaternary nitrogens is 1. The highest BCUT2D eigenvalue weighted by Crippen LogP contribution is 1.96. The summed E-state index contributed by atoms with van der Waals surface area (Å²) in [6.45, 7) is 0.718. The summed E-state index contributed by atoms with van der Waals surface area (Å²) in [4.78, 5) is 13.7.